The molecule has 120 valence electrons. The maximum Gasteiger partial charge on any atom is 0.254 e. The van der Waals surface area contributed by atoms with Crippen molar-refractivity contribution in [2.24, 2.45) is 5.16 Å². The van der Waals surface area contributed by atoms with Crippen molar-refractivity contribution in [1.29, 1.82) is 0 Å². The molecule has 0 radical (unpaired) electrons. The van der Waals surface area contributed by atoms with Gasteiger partial charge in [0.15, 0.2) is 0 Å². The van der Waals surface area contributed by atoms with E-state index in [2.05, 4.69) is 20.4 Å². The number of aromatic nitrogens is 2. The summed E-state index contributed by atoms with van der Waals surface area (Å²) in [6.07, 6.45) is 4.73. The summed E-state index contributed by atoms with van der Waals surface area (Å²) in [5, 5.41) is 7.63. The van der Waals surface area contributed by atoms with Crippen molar-refractivity contribution in [3.63, 3.8) is 0 Å². The fraction of sp³-hybridized carbons (Fsp3) is 0.200. The summed E-state index contributed by atoms with van der Waals surface area (Å²) in [6.45, 7) is 0.371. The highest BCUT2D eigenvalue weighted by molar-refractivity contribution is 6.42. The summed E-state index contributed by atoms with van der Waals surface area (Å²) in [5.74, 6) is -0.253. The van der Waals surface area contributed by atoms with Gasteiger partial charge < -0.3 is 10.2 Å². The van der Waals surface area contributed by atoms with E-state index in [9.17, 15) is 4.79 Å². The zero-order valence-electron chi connectivity index (χ0n) is 12.3. The SMILES string of the molecule is CON=C(CCNC(=O)c1cncnc1)c1ccc(Cl)c(Cl)c1. The summed E-state index contributed by atoms with van der Waals surface area (Å²) < 4.78 is 0. The van der Waals surface area contributed by atoms with E-state index in [0.717, 1.165) is 5.56 Å². The number of oxime groups is 1. The lowest BCUT2D eigenvalue weighted by atomic mass is 10.1. The van der Waals surface area contributed by atoms with Gasteiger partial charge in [-0.3, -0.25) is 4.79 Å². The first-order valence-electron chi connectivity index (χ1n) is 6.70. The van der Waals surface area contributed by atoms with E-state index in [-0.39, 0.29) is 5.91 Å². The van der Waals surface area contributed by atoms with Crippen LogP contribution in [0, 0.1) is 0 Å². The Bertz CT molecular complexity index is 708. The Morgan fingerprint density at radius 1 is 1.22 bits per heavy atom. The van der Waals surface area contributed by atoms with E-state index in [1.165, 1.54) is 25.8 Å². The van der Waals surface area contributed by atoms with Gasteiger partial charge in [-0.05, 0) is 12.1 Å². The first-order chi connectivity index (χ1) is 11.1. The zero-order chi connectivity index (χ0) is 16.7. The first-order valence-corrected chi connectivity index (χ1v) is 7.46. The van der Waals surface area contributed by atoms with Crippen LogP contribution in [-0.2, 0) is 4.84 Å². The molecule has 1 amide bonds. The Kier molecular flexibility index (Phi) is 6.31. The van der Waals surface area contributed by atoms with Crippen LogP contribution >= 0.6 is 23.2 Å². The van der Waals surface area contributed by atoms with E-state index < -0.39 is 0 Å². The first kappa shape index (κ1) is 17.2. The topological polar surface area (TPSA) is 76.5 Å². The molecular formula is C15H14Cl2N4O2. The number of nitrogens with one attached hydrogen (secondary N) is 1. The summed E-state index contributed by atoms with van der Waals surface area (Å²) in [6, 6.07) is 5.18. The third kappa shape index (κ3) is 4.91. The number of halogens is 2. The van der Waals surface area contributed by atoms with Gasteiger partial charge in [0, 0.05) is 30.9 Å². The largest absolute Gasteiger partial charge is 0.399 e. The molecule has 0 bridgehead atoms. The molecule has 0 saturated heterocycles. The van der Waals surface area contributed by atoms with Crippen molar-refractivity contribution in [3.8, 4) is 0 Å². The van der Waals surface area contributed by atoms with Crippen molar-refractivity contribution in [3.05, 3.63) is 58.1 Å². The third-order valence-corrected chi connectivity index (χ3v) is 3.66. The number of hydrogen-bond acceptors (Lipinski definition) is 5. The minimum atomic E-state index is -0.253. The van der Waals surface area contributed by atoms with Crippen molar-refractivity contribution in [1.82, 2.24) is 15.3 Å². The van der Waals surface area contributed by atoms with Crippen molar-refractivity contribution < 1.29 is 9.63 Å². The monoisotopic (exact) mass is 352 g/mol. The molecule has 0 aliphatic heterocycles. The van der Waals surface area contributed by atoms with Gasteiger partial charge in [-0.1, -0.05) is 34.4 Å². The van der Waals surface area contributed by atoms with E-state index in [4.69, 9.17) is 28.0 Å². The maximum atomic E-state index is 11.9. The zero-order valence-corrected chi connectivity index (χ0v) is 13.8. The predicted molar refractivity (Wildman–Crippen MR) is 89.0 cm³/mol. The molecule has 0 unspecified atom stereocenters. The molecule has 6 nitrogen and oxygen atoms in total. The normalized spacial score (nSPS) is 11.2. The number of hydrogen-bond donors (Lipinski definition) is 1. The lowest BCUT2D eigenvalue weighted by molar-refractivity contribution is 0.0954. The van der Waals surface area contributed by atoms with Crippen LogP contribution in [0.15, 0.2) is 42.1 Å². The van der Waals surface area contributed by atoms with E-state index in [1.807, 2.05) is 0 Å². The second-order valence-corrected chi connectivity index (χ2v) is 5.30. The average molecular weight is 353 g/mol. The van der Waals surface area contributed by atoms with Crippen LogP contribution in [0.1, 0.15) is 22.3 Å². The number of carbonyl (C=O) groups excluding carboxylic acids is 1. The molecule has 8 heteroatoms. The molecule has 1 aromatic heterocycles. The van der Waals surface area contributed by atoms with Gasteiger partial charge in [0.25, 0.3) is 5.91 Å². The minimum absolute atomic E-state index is 0.253. The molecule has 0 fully saturated rings. The fourth-order valence-corrected chi connectivity index (χ4v) is 2.14. The highest BCUT2D eigenvalue weighted by Gasteiger charge is 2.10. The van der Waals surface area contributed by atoms with E-state index >= 15 is 0 Å². The molecule has 1 aromatic carbocycles. The van der Waals surface area contributed by atoms with Crippen molar-refractivity contribution in [2.75, 3.05) is 13.7 Å². The number of amides is 1. The number of nitrogens with zero attached hydrogens (tertiary/aromatic N) is 3. The second-order valence-electron chi connectivity index (χ2n) is 4.48. The van der Waals surface area contributed by atoms with Crippen molar-refractivity contribution in [2.45, 2.75) is 6.42 Å². The number of rotatable bonds is 6. The second kappa shape index (κ2) is 8.45. The number of carbonyl (C=O) groups is 1. The molecule has 0 atom stereocenters. The minimum Gasteiger partial charge on any atom is -0.399 e. The molecule has 2 aromatic rings. The lowest BCUT2D eigenvalue weighted by Gasteiger charge is -2.08. The third-order valence-electron chi connectivity index (χ3n) is 2.92. The van der Waals surface area contributed by atoms with Gasteiger partial charge in [0.2, 0.25) is 0 Å². The molecule has 0 saturated carbocycles. The van der Waals surface area contributed by atoms with Gasteiger partial charge in [-0.15, -0.1) is 0 Å². The molecule has 23 heavy (non-hydrogen) atoms. The average Bonchev–Trinajstić information content (AvgIpc) is 2.57. The van der Waals surface area contributed by atoms with E-state index in [0.29, 0.717) is 34.3 Å². The Morgan fingerprint density at radius 3 is 2.61 bits per heavy atom. The van der Waals surface area contributed by atoms with Gasteiger partial charge in [0.05, 0.1) is 21.3 Å². The van der Waals surface area contributed by atoms with Crippen LogP contribution < -0.4 is 5.32 Å². The van der Waals surface area contributed by atoms with Crippen LogP contribution in [0.25, 0.3) is 0 Å². The maximum absolute atomic E-state index is 11.9. The highest BCUT2D eigenvalue weighted by atomic mass is 35.5. The Labute approximate surface area is 143 Å². The molecule has 1 N–H and O–H groups in total. The van der Waals surface area contributed by atoms with Gasteiger partial charge >= 0.3 is 0 Å². The summed E-state index contributed by atoms with van der Waals surface area (Å²) >= 11 is 11.9. The number of benzene rings is 1. The molecular weight excluding hydrogens is 339 g/mol. The van der Waals surface area contributed by atoms with Crippen molar-refractivity contribution >= 4 is 34.8 Å². The fourth-order valence-electron chi connectivity index (χ4n) is 1.84. The smallest absolute Gasteiger partial charge is 0.254 e. The predicted octanol–water partition coefficient (Wildman–Crippen LogP) is 2.95. The van der Waals surface area contributed by atoms with Crippen LogP contribution in [0.4, 0.5) is 0 Å². The Balaban J connectivity index is 1.99. The molecule has 0 aliphatic carbocycles. The lowest BCUT2D eigenvalue weighted by Crippen LogP contribution is -2.26. The van der Waals surface area contributed by atoms with Gasteiger partial charge in [-0.25, -0.2) is 9.97 Å². The molecule has 2 rings (SSSR count). The Morgan fingerprint density at radius 2 is 1.96 bits per heavy atom. The molecule has 0 aliphatic rings. The summed E-state index contributed by atoms with van der Waals surface area (Å²) in [4.78, 5) is 24.4. The highest BCUT2D eigenvalue weighted by Crippen LogP contribution is 2.23. The molecule has 0 spiro atoms. The van der Waals surface area contributed by atoms with Crippen LogP contribution in [0.2, 0.25) is 10.0 Å². The summed E-state index contributed by atoms with van der Waals surface area (Å²) in [7, 11) is 1.46. The standard InChI is InChI=1S/C15H14Cl2N4O2/c1-23-21-14(10-2-3-12(16)13(17)6-10)4-5-20-15(22)11-7-18-9-19-8-11/h2-3,6-9H,4-5H2,1H3,(H,20,22). The van der Waals surface area contributed by atoms with Crippen LogP contribution in [-0.4, -0.2) is 35.2 Å². The van der Waals surface area contributed by atoms with Crippen LogP contribution in [0.5, 0.6) is 0 Å². The molecule has 1 heterocycles. The van der Waals surface area contributed by atoms with Crippen LogP contribution in [0.3, 0.4) is 0 Å². The van der Waals surface area contributed by atoms with Gasteiger partial charge in [0.1, 0.15) is 13.4 Å². The quantitative estimate of drug-likeness (QED) is 0.640. The summed E-state index contributed by atoms with van der Waals surface area (Å²) in [5.41, 5.74) is 1.82. The van der Waals surface area contributed by atoms with E-state index in [1.54, 1.807) is 18.2 Å². The Hall–Kier alpha value is -2.18. The van der Waals surface area contributed by atoms with Gasteiger partial charge in [-0.2, -0.15) is 0 Å².